The Hall–Kier alpha value is -3.18. The number of hydrogen-bond acceptors (Lipinski definition) is 5. The van der Waals surface area contributed by atoms with Gasteiger partial charge >= 0.3 is 42.2 Å². The molecular weight excluding hydrogens is 675 g/mol. The predicted molar refractivity (Wildman–Crippen MR) is 110 cm³/mol. The smallest absolute Gasteiger partial charge is 0.439 e. The van der Waals surface area contributed by atoms with Crippen molar-refractivity contribution in [1.82, 2.24) is 15.0 Å². The third-order valence-electron chi connectivity index (χ3n) is 4.73. The molecule has 1 heterocycles. The number of H-pyrrole nitrogens is 2. The second kappa shape index (κ2) is 10.8. The molecule has 1 aromatic heterocycles. The quantitative estimate of drug-likeness (QED) is 0.162. The van der Waals surface area contributed by atoms with Crippen LogP contribution in [0, 0.1) is 9.54 Å². The van der Waals surface area contributed by atoms with Gasteiger partial charge in [0.15, 0.2) is 10.5 Å². The number of halogens is 17. The van der Waals surface area contributed by atoms with Gasteiger partial charge in [0.1, 0.15) is 11.3 Å². The van der Waals surface area contributed by atoms with Crippen LogP contribution in [0.3, 0.4) is 0 Å². The molecule has 0 saturated heterocycles. The number of rotatable bonds is 6. The van der Waals surface area contributed by atoms with Crippen LogP contribution in [-0.2, 0) is 0 Å². The molecule has 0 aliphatic rings. The number of alkyl halides is 17. The number of aromatic nitrogens is 3. The first kappa shape index (κ1) is 35.0. The summed E-state index contributed by atoms with van der Waals surface area (Å²) in [5.74, 6) is -6.94. The van der Waals surface area contributed by atoms with Crippen LogP contribution in [0.15, 0.2) is 35.6 Å². The normalized spacial score (nSPS) is 14.9. The van der Waals surface area contributed by atoms with Gasteiger partial charge in [-0.2, -0.15) is 70.8 Å². The van der Waals surface area contributed by atoms with Gasteiger partial charge in [0, 0.05) is 5.69 Å². The van der Waals surface area contributed by atoms with E-state index in [1.165, 1.54) is 0 Å². The minimum absolute atomic E-state index is 0.0723. The molecule has 0 amide bonds. The van der Waals surface area contributed by atoms with Crippen molar-refractivity contribution in [1.29, 1.82) is 0 Å². The van der Waals surface area contributed by atoms with E-state index in [0.717, 1.165) is 0 Å². The minimum atomic E-state index is -8.07. The van der Waals surface area contributed by atoms with Crippen LogP contribution in [0.4, 0.5) is 86.3 Å². The van der Waals surface area contributed by atoms with Crippen LogP contribution in [-0.4, -0.2) is 57.2 Å². The largest absolute Gasteiger partial charge is 0.457 e. The van der Waals surface area contributed by atoms with Gasteiger partial charge in [-0.1, -0.05) is 0 Å². The highest BCUT2D eigenvalue weighted by molar-refractivity contribution is 7.71. The first-order valence-electron chi connectivity index (χ1n) is 9.80. The van der Waals surface area contributed by atoms with Crippen molar-refractivity contribution in [3.05, 3.63) is 45.1 Å². The van der Waals surface area contributed by atoms with Crippen LogP contribution in [0.25, 0.3) is 0 Å². The SMILES string of the molecule is FC(F)(F)/C(=C(\Oc1ccc(Nc2nc(=S)[nH]c(=S)[nH]2)cc1)C(F)(C(F)(F)F)C(F)(F)F)C(F)(C(F)(F)F)C(F)(F)F. The molecule has 0 atom stereocenters. The minimum Gasteiger partial charge on any atom is -0.457 e. The van der Waals surface area contributed by atoms with Crippen molar-refractivity contribution in [2.24, 2.45) is 0 Å². The summed E-state index contributed by atoms with van der Waals surface area (Å²) in [6, 6.07) is 1.14. The molecule has 0 unspecified atom stereocenters. The Bertz CT molecular complexity index is 1370. The summed E-state index contributed by atoms with van der Waals surface area (Å²) in [6.07, 6.45) is -39.2. The lowest BCUT2D eigenvalue weighted by molar-refractivity contribution is -0.349. The van der Waals surface area contributed by atoms with E-state index in [-0.39, 0.29) is 33.3 Å². The first-order chi connectivity index (χ1) is 18.6. The van der Waals surface area contributed by atoms with Crippen molar-refractivity contribution in [2.75, 3.05) is 5.32 Å². The number of nitrogens with zero attached hydrogens (tertiary/aromatic N) is 1. The van der Waals surface area contributed by atoms with Crippen molar-refractivity contribution in [3.63, 3.8) is 0 Å². The number of benzene rings is 1. The lowest BCUT2D eigenvalue weighted by Crippen LogP contribution is -2.62. The third-order valence-corrected chi connectivity index (χ3v) is 5.13. The van der Waals surface area contributed by atoms with E-state index in [4.69, 9.17) is 12.2 Å². The number of nitrogens with one attached hydrogen (secondary N) is 3. The molecule has 0 aliphatic carbocycles. The van der Waals surface area contributed by atoms with E-state index >= 15 is 0 Å². The van der Waals surface area contributed by atoms with Gasteiger partial charge in [-0.15, -0.1) is 0 Å². The third kappa shape index (κ3) is 6.57. The van der Waals surface area contributed by atoms with Crippen LogP contribution in [0.2, 0.25) is 0 Å². The van der Waals surface area contributed by atoms with E-state index in [1.54, 1.807) is 0 Å². The maximum Gasteiger partial charge on any atom is 0.439 e. The van der Waals surface area contributed by atoms with Gasteiger partial charge in [-0.25, -0.2) is 8.78 Å². The molecule has 2 aromatic rings. The van der Waals surface area contributed by atoms with Gasteiger partial charge in [-0.3, -0.25) is 0 Å². The molecule has 42 heavy (non-hydrogen) atoms. The standard InChI is InChI=1S/C18H7F17N4OS2/c19-12(15(24,25)26,16(27,28)29)7(14(21,22)23)8(13(20,17(30,31)32)18(33,34)35)40-6-3-1-5(2-4-6)36-9-37-10(41)39-11(42)38-9/h1-4H,(H3,36,37,38,39,41,42)/b8-7-. The molecular formula is C18H7F17N4OS2. The van der Waals surface area contributed by atoms with Gasteiger partial charge in [0.25, 0.3) is 0 Å². The summed E-state index contributed by atoms with van der Waals surface area (Å²) < 4.78 is 232. The molecule has 0 aliphatic heterocycles. The monoisotopic (exact) mass is 682 g/mol. The molecule has 24 heteroatoms. The summed E-state index contributed by atoms with van der Waals surface area (Å²) >= 11 is 9.40. The number of anilines is 2. The molecule has 0 spiro atoms. The fourth-order valence-electron chi connectivity index (χ4n) is 2.95. The summed E-state index contributed by atoms with van der Waals surface area (Å²) in [7, 11) is 0. The van der Waals surface area contributed by atoms with Crippen molar-refractivity contribution in [3.8, 4) is 5.75 Å². The fourth-order valence-corrected chi connectivity index (χ4v) is 3.40. The highest BCUT2D eigenvalue weighted by Crippen LogP contribution is 2.60. The predicted octanol–water partition coefficient (Wildman–Crippen LogP) is 8.80. The maximum absolute atomic E-state index is 14.8. The average molecular weight is 682 g/mol. The van der Waals surface area contributed by atoms with Crippen LogP contribution in [0.5, 0.6) is 5.75 Å². The van der Waals surface area contributed by atoms with Gasteiger partial charge in [0.05, 0.1) is 0 Å². The van der Waals surface area contributed by atoms with Gasteiger partial charge < -0.3 is 20.0 Å². The zero-order valence-corrected chi connectivity index (χ0v) is 20.5. The van der Waals surface area contributed by atoms with E-state index < -0.39 is 59.3 Å². The highest BCUT2D eigenvalue weighted by Gasteiger charge is 2.84. The Kier molecular flexibility index (Phi) is 9.03. The van der Waals surface area contributed by atoms with E-state index in [2.05, 4.69) is 37.2 Å². The van der Waals surface area contributed by atoms with Crippen molar-refractivity contribution in [2.45, 2.75) is 42.2 Å². The summed E-state index contributed by atoms with van der Waals surface area (Å²) in [5.41, 5.74) is -21.6. The van der Waals surface area contributed by atoms with Crippen molar-refractivity contribution >= 4 is 36.1 Å². The van der Waals surface area contributed by atoms with Crippen molar-refractivity contribution < 1.29 is 79.4 Å². The van der Waals surface area contributed by atoms with E-state index in [1.807, 2.05) is 0 Å². The second-order valence-corrected chi connectivity index (χ2v) is 8.40. The molecule has 0 saturated carbocycles. The zero-order valence-electron chi connectivity index (χ0n) is 18.9. The Morgan fingerprint density at radius 1 is 0.643 bits per heavy atom. The number of hydrogen-bond donors (Lipinski definition) is 3. The Balaban J connectivity index is 2.96. The molecule has 3 N–H and O–H groups in total. The molecule has 5 nitrogen and oxygen atoms in total. The van der Waals surface area contributed by atoms with Crippen LogP contribution in [0.1, 0.15) is 0 Å². The number of allylic oxidation sites excluding steroid dienone is 2. The van der Waals surface area contributed by atoms with Gasteiger partial charge in [0.2, 0.25) is 10.7 Å². The number of ether oxygens (including phenoxy) is 1. The Morgan fingerprint density at radius 2 is 1.07 bits per heavy atom. The maximum atomic E-state index is 14.8. The van der Waals surface area contributed by atoms with E-state index in [0.29, 0.717) is 12.1 Å². The number of aromatic amines is 2. The molecule has 236 valence electrons. The second-order valence-electron chi connectivity index (χ2n) is 7.61. The Morgan fingerprint density at radius 3 is 1.43 bits per heavy atom. The summed E-state index contributed by atoms with van der Waals surface area (Å²) in [6.45, 7) is 0. The average Bonchev–Trinajstić information content (AvgIpc) is 2.74. The van der Waals surface area contributed by atoms with Crippen LogP contribution >= 0.6 is 24.4 Å². The fraction of sp³-hybridized carbons (Fsp3) is 0.389. The van der Waals surface area contributed by atoms with Crippen LogP contribution < -0.4 is 10.1 Å². The Labute approximate surface area is 229 Å². The summed E-state index contributed by atoms with van der Waals surface area (Å²) in [5, 5.41) is 2.30. The lowest BCUT2D eigenvalue weighted by atomic mass is 9.86. The molecule has 0 radical (unpaired) electrons. The topological polar surface area (TPSA) is 65.7 Å². The first-order valence-corrected chi connectivity index (χ1v) is 10.6. The molecule has 0 fully saturated rings. The summed E-state index contributed by atoms with van der Waals surface area (Å²) in [4.78, 5) is 8.26. The lowest BCUT2D eigenvalue weighted by Gasteiger charge is -2.38. The molecule has 2 rings (SSSR count). The van der Waals surface area contributed by atoms with Gasteiger partial charge in [-0.05, 0) is 48.7 Å². The zero-order chi connectivity index (χ0) is 32.9. The molecule has 0 bridgehead atoms. The molecule has 1 aromatic carbocycles. The highest BCUT2D eigenvalue weighted by atomic mass is 32.1. The van der Waals surface area contributed by atoms with E-state index in [9.17, 15) is 74.6 Å².